The minimum absolute atomic E-state index is 0.0748. The van der Waals surface area contributed by atoms with Gasteiger partial charge < -0.3 is 0 Å². The predicted molar refractivity (Wildman–Crippen MR) is 64.0 cm³/mol. The summed E-state index contributed by atoms with van der Waals surface area (Å²) in [5.41, 5.74) is -0.917. The fourth-order valence-corrected chi connectivity index (χ4v) is 1.87. The maximum absolute atomic E-state index is 12.4. The predicted octanol–water partition coefficient (Wildman–Crippen LogP) is 3.27. The van der Waals surface area contributed by atoms with Crippen molar-refractivity contribution in [3.05, 3.63) is 29.2 Å². The summed E-state index contributed by atoms with van der Waals surface area (Å²) in [6.07, 6.45) is -2.50. The summed E-state index contributed by atoms with van der Waals surface area (Å²) in [7, 11) is 0.998. The molecule has 0 radical (unpaired) electrons. The second-order valence-electron chi connectivity index (χ2n) is 3.09. The van der Waals surface area contributed by atoms with Gasteiger partial charge in [-0.05, 0) is 16.9 Å². The number of thiol groups is 1. The molecule has 2 aromatic rings. The van der Waals surface area contributed by atoms with E-state index in [4.69, 9.17) is 11.6 Å². The molecule has 0 unspecified atom stereocenters. The number of hydrogen-bond acceptors (Lipinski definition) is 5. The number of hydrogen-bond donors (Lipinski definition) is 1. The van der Waals surface area contributed by atoms with Crippen LogP contribution in [0.15, 0.2) is 23.7 Å². The van der Waals surface area contributed by atoms with Crippen LogP contribution in [0.4, 0.5) is 13.2 Å². The number of aromatic nitrogens is 4. The van der Waals surface area contributed by atoms with Gasteiger partial charge >= 0.3 is 6.18 Å². The molecule has 0 saturated carbocycles. The minimum atomic E-state index is -4.48. The second kappa shape index (κ2) is 4.98. The first-order valence-corrected chi connectivity index (χ1v) is 6.62. The van der Waals surface area contributed by atoms with Crippen LogP contribution < -0.4 is 0 Å². The molecule has 0 amide bonds. The van der Waals surface area contributed by atoms with E-state index in [0.29, 0.717) is 11.4 Å². The summed E-state index contributed by atoms with van der Waals surface area (Å²) in [5, 5.41) is 4.10. The average Bonchev–Trinajstić information content (AvgIpc) is 2.76. The number of alkyl halides is 3. The van der Waals surface area contributed by atoms with Crippen LogP contribution in [-0.2, 0) is 6.18 Å². The summed E-state index contributed by atoms with van der Waals surface area (Å²) in [4.78, 5) is 7.48. The van der Waals surface area contributed by atoms with E-state index in [1.807, 2.05) is 0 Å². The molecule has 0 aromatic carbocycles. The molecule has 0 atom stereocenters. The van der Waals surface area contributed by atoms with Crippen LogP contribution in [0.5, 0.6) is 0 Å². The van der Waals surface area contributed by atoms with Gasteiger partial charge in [-0.1, -0.05) is 11.6 Å². The van der Waals surface area contributed by atoms with Crippen molar-refractivity contribution in [2.24, 2.45) is 0 Å². The molecule has 4 nitrogen and oxygen atoms in total. The van der Waals surface area contributed by atoms with Gasteiger partial charge in [0, 0.05) is 6.20 Å². The van der Waals surface area contributed by atoms with Crippen LogP contribution in [-0.4, -0.2) is 19.7 Å². The Bertz CT molecular complexity index is 572. The Balaban J connectivity index is 2.41. The molecule has 0 bridgehead atoms. The Kier molecular flexibility index (Phi) is 3.74. The zero-order valence-corrected chi connectivity index (χ0v) is 10.9. The van der Waals surface area contributed by atoms with E-state index in [0.717, 1.165) is 16.9 Å². The van der Waals surface area contributed by atoms with Crippen molar-refractivity contribution in [1.29, 1.82) is 0 Å². The maximum atomic E-state index is 12.4. The quantitative estimate of drug-likeness (QED) is 0.683. The smallest absolute Gasteiger partial charge is 0.235 e. The van der Waals surface area contributed by atoms with Crippen LogP contribution in [0, 0.1) is 0 Å². The molecular formula is C8H4ClF3N4S2. The third kappa shape index (κ3) is 2.73. The molecule has 0 aliphatic heterocycles. The second-order valence-corrected chi connectivity index (χ2v) is 4.59. The van der Waals surface area contributed by atoms with Gasteiger partial charge in [-0.25, -0.2) is 9.97 Å². The monoisotopic (exact) mass is 312 g/mol. The van der Waals surface area contributed by atoms with Crippen molar-refractivity contribution < 1.29 is 13.2 Å². The molecule has 10 heteroatoms. The summed E-state index contributed by atoms with van der Waals surface area (Å²) < 4.78 is 38.4. The Labute approximate surface area is 113 Å². The lowest BCUT2D eigenvalue weighted by Gasteiger charge is -2.08. The van der Waals surface area contributed by atoms with Crippen LogP contribution in [0.25, 0.3) is 5.82 Å². The van der Waals surface area contributed by atoms with Crippen LogP contribution in [0.3, 0.4) is 0 Å². The van der Waals surface area contributed by atoms with Gasteiger partial charge in [0.15, 0.2) is 5.82 Å². The van der Waals surface area contributed by atoms with Gasteiger partial charge in [-0.3, -0.25) is 0 Å². The van der Waals surface area contributed by atoms with E-state index in [1.54, 1.807) is 0 Å². The lowest BCUT2D eigenvalue weighted by atomic mass is 10.3. The minimum Gasteiger partial charge on any atom is -0.235 e. The van der Waals surface area contributed by atoms with E-state index < -0.39 is 11.7 Å². The SMILES string of the molecule is FC(F)(F)c1cnc(-n2cnc(SS)n2)c(Cl)c1. The van der Waals surface area contributed by atoms with Crippen LogP contribution in [0.1, 0.15) is 5.56 Å². The normalized spacial score (nSPS) is 11.8. The van der Waals surface area contributed by atoms with Crippen LogP contribution >= 0.6 is 34.1 Å². The zero-order chi connectivity index (χ0) is 13.3. The Morgan fingerprint density at radius 1 is 1.33 bits per heavy atom. The number of pyridine rings is 1. The molecule has 2 aromatic heterocycles. The van der Waals surface area contributed by atoms with Gasteiger partial charge in [0.2, 0.25) is 5.16 Å². The highest BCUT2D eigenvalue weighted by molar-refractivity contribution is 8.68. The Morgan fingerprint density at radius 2 is 2.06 bits per heavy atom. The van der Waals surface area contributed by atoms with Crippen molar-refractivity contribution in [2.75, 3.05) is 0 Å². The summed E-state index contributed by atoms with van der Waals surface area (Å²) in [5.74, 6) is 0.0748. The van der Waals surface area contributed by atoms with Gasteiger partial charge in [-0.2, -0.15) is 17.9 Å². The van der Waals surface area contributed by atoms with E-state index in [2.05, 4.69) is 26.7 Å². The fraction of sp³-hybridized carbons (Fsp3) is 0.125. The molecule has 0 N–H and O–H groups in total. The topological polar surface area (TPSA) is 43.6 Å². The van der Waals surface area contributed by atoms with Gasteiger partial charge in [0.25, 0.3) is 0 Å². The van der Waals surface area contributed by atoms with Crippen molar-refractivity contribution in [3.63, 3.8) is 0 Å². The third-order valence-corrected chi connectivity index (χ3v) is 3.04. The molecule has 18 heavy (non-hydrogen) atoms. The lowest BCUT2D eigenvalue weighted by molar-refractivity contribution is -0.137. The van der Waals surface area contributed by atoms with Gasteiger partial charge in [0.05, 0.1) is 10.6 Å². The first-order chi connectivity index (χ1) is 8.41. The first kappa shape index (κ1) is 13.5. The van der Waals surface area contributed by atoms with E-state index in [1.165, 1.54) is 11.0 Å². The van der Waals surface area contributed by atoms with Crippen molar-refractivity contribution in [2.45, 2.75) is 11.3 Å². The summed E-state index contributed by atoms with van der Waals surface area (Å²) >= 11 is 9.64. The number of halogens is 4. The zero-order valence-electron chi connectivity index (χ0n) is 8.39. The average molecular weight is 313 g/mol. The third-order valence-electron chi connectivity index (χ3n) is 1.92. The molecule has 0 aliphatic rings. The summed E-state index contributed by atoms with van der Waals surface area (Å²) in [6, 6.07) is 0.791. The highest BCUT2D eigenvalue weighted by Crippen LogP contribution is 2.31. The van der Waals surface area contributed by atoms with Gasteiger partial charge in [-0.15, -0.1) is 16.8 Å². The highest BCUT2D eigenvalue weighted by atomic mass is 35.5. The molecule has 2 heterocycles. The molecule has 0 aliphatic carbocycles. The van der Waals surface area contributed by atoms with E-state index in [9.17, 15) is 13.2 Å². The first-order valence-electron chi connectivity index (χ1n) is 4.38. The van der Waals surface area contributed by atoms with Crippen molar-refractivity contribution in [1.82, 2.24) is 19.7 Å². The van der Waals surface area contributed by atoms with E-state index >= 15 is 0 Å². The Hall–Kier alpha value is -0.930. The molecule has 96 valence electrons. The molecular weight excluding hydrogens is 309 g/mol. The van der Waals surface area contributed by atoms with Gasteiger partial charge in [0.1, 0.15) is 6.33 Å². The largest absolute Gasteiger partial charge is 0.417 e. The summed E-state index contributed by atoms with van der Waals surface area (Å²) in [6.45, 7) is 0. The molecule has 0 fully saturated rings. The van der Waals surface area contributed by atoms with Crippen molar-refractivity contribution >= 4 is 34.1 Å². The van der Waals surface area contributed by atoms with E-state index in [-0.39, 0.29) is 10.8 Å². The molecule has 2 rings (SSSR count). The molecule has 0 spiro atoms. The fourth-order valence-electron chi connectivity index (χ4n) is 1.15. The highest BCUT2D eigenvalue weighted by Gasteiger charge is 2.31. The number of nitrogens with zero attached hydrogens (tertiary/aromatic N) is 4. The standard InChI is InChI=1S/C8H4ClF3N4S2/c9-5-1-4(8(10,11)12)2-13-6(5)16-3-14-7(15-16)18-17/h1-3,17H. The van der Waals surface area contributed by atoms with Crippen molar-refractivity contribution in [3.8, 4) is 5.82 Å². The molecule has 0 saturated heterocycles. The lowest BCUT2D eigenvalue weighted by Crippen LogP contribution is -2.08. The Morgan fingerprint density at radius 3 is 2.56 bits per heavy atom. The maximum Gasteiger partial charge on any atom is 0.417 e. The van der Waals surface area contributed by atoms with Crippen LogP contribution in [0.2, 0.25) is 5.02 Å². The number of rotatable bonds is 2.